The maximum Gasteiger partial charge on any atom is 0.249 e. The first-order chi connectivity index (χ1) is 9.47. The lowest BCUT2D eigenvalue weighted by molar-refractivity contribution is -0.163. The van der Waals surface area contributed by atoms with Crippen molar-refractivity contribution in [3.8, 4) is 0 Å². The Morgan fingerprint density at radius 3 is 2.55 bits per heavy atom. The fourth-order valence-corrected chi connectivity index (χ4v) is 3.54. The van der Waals surface area contributed by atoms with E-state index in [1.165, 1.54) is 0 Å². The van der Waals surface area contributed by atoms with Crippen molar-refractivity contribution >= 4 is 11.8 Å². The first-order valence-corrected chi connectivity index (χ1v) is 7.73. The minimum Gasteiger partial charge on any atom is -0.378 e. The Morgan fingerprint density at radius 2 is 2.00 bits per heavy atom. The summed E-state index contributed by atoms with van der Waals surface area (Å²) in [5.74, 6) is 0.405. The molecule has 5 nitrogen and oxygen atoms in total. The highest BCUT2D eigenvalue weighted by atomic mass is 16.5. The molecular formula is C15H24N2O3. The Morgan fingerprint density at radius 1 is 1.35 bits per heavy atom. The van der Waals surface area contributed by atoms with E-state index in [0.717, 1.165) is 25.7 Å². The van der Waals surface area contributed by atoms with E-state index in [9.17, 15) is 9.59 Å². The smallest absolute Gasteiger partial charge is 0.249 e. The molecule has 2 atom stereocenters. The lowest BCUT2D eigenvalue weighted by atomic mass is 9.82. The van der Waals surface area contributed by atoms with Crippen LogP contribution in [-0.4, -0.2) is 47.0 Å². The Labute approximate surface area is 120 Å². The van der Waals surface area contributed by atoms with Crippen LogP contribution in [0.5, 0.6) is 0 Å². The van der Waals surface area contributed by atoms with Crippen LogP contribution in [0.3, 0.4) is 0 Å². The molecule has 0 radical (unpaired) electrons. The minimum absolute atomic E-state index is 0.0149. The van der Waals surface area contributed by atoms with Crippen molar-refractivity contribution in [1.29, 1.82) is 0 Å². The Hall–Kier alpha value is -1.10. The van der Waals surface area contributed by atoms with Crippen LogP contribution in [0.1, 0.15) is 46.5 Å². The number of hydrogen-bond donors (Lipinski definition) is 1. The lowest BCUT2D eigenvalue weighted by Crippen LogP contribution is -2.72. The molecule has 20 heavy (non-hydrogen) atoms. The average Bonchev–Trinajstić information content (AvgIpc) is 3.18. The second-order valence-corrected chi connectivity index (χ2v) is 6.56. The van der Waals surface area contributed by atoms with Gasteiger partial charge in [-0.2, -0.15) is 0 Å². The molecule has 112 valence electrons. The van der Waals surface area contributed by atoms with E-state index in [4.69, 9.17) is 4.74 Å². The molecule has 2 aliphatic carbocycles. The molecule has 1 N–H and O–H groups in total. The summed E-state index contributed by atoms with van der Waals surface area (Å²) in [4.78, 5) is 26.9. The second-order valence-electron chi connectivity index (χ2n) is 6.56. The molecule has 1 heterocycles. The zero-order chi connectivity index (χ0) is 14.5. The van der Waals surface area contributed by atoms with Crippen molar-refractivity contribution in [2.75, 3.05) is 6.61 Å². The van der Waals surface area contributed by atoms with Crippen LogP contribution in [0.4, 0.5) is 0 Å². The number of amides is 2. The van der Waals surface area contributed by atoms with E-state index in [0.29, 0.717) is 12.5 Å². The largest absolute Gasteiger partial charge is 0.378 e. The van der Waals surface area contributed by atoms with Crippen molar-refractivity contribution < 1.29 is 14.3 Å². The number of rotatable bonds is 4. The lowest BCUT2D eigenvalue weighted by Gasteiger charge is -2.51. The van der Waals surface area contributed by atoms with Crippen LogP contribution < -0.4 is 5.32 Å². The molecule has 5 heteroatoms. The zero-order valence-corrected chi connectivity index (χ0v) is 12.5. The van der Waals surface area contributed by atoms with Crippen LogP contribution in [0.15, 0.2) is 0 Å². The van der Waals surface area contributed by atoms with Gasteiger partial charge in [-0.15, -0.1) is 0 Å². The average molecular weight is 280 g/mol. The zero-order valence-electron chi connectivity index (χ0n) is 12.5. The molecular weight excluding hydrogens is 256 g/mol. The van der Waals surface area contributed by atoms with Crippen LogP contribution in [0, 0.1) is 5.92 Å². The van der Waals surface area contributed by atoms with E-state index >= 15 is 0 Å². The number of carbonyl (C=O) groups excluding carboxylic acids is 2. The predicted molar refractivity (Wildman–Crippen MR) is 74.0 cm³/mol. The van der Waals surface area contributed by atoms with Crippen molar-refractivity contribution in [3.05, 3.63) is 0 Å². The van der Waals surface area contributed by atoms with E-state index < -0.39 is 5.54 Å². The van der Waals surface area contributed by atoms with Gasteiger partial charge in [0.05, 0.1) is 6.10 Å². The molecule has 0 aromatic heterocycles. The molecule has 3 rings (SSSR count). The molecule has 2 saturated carbocycles. The van der Waals surface area contributed by atoms with Crippen molar-refractivity contribution in [2.45, 2.75) is 70.2 Å². The molecule has 0 aromatic rings. The van der Waals surface area contributed by atoms with Gasteiger partial charge in [-0.05, 0) is 52.4 Å². The number of carbonyl (C=O) groups is 2. The molecule has 0 aromatic carbocycles. The van der Waals surface area contributed by atoms with E-state index in [1.54, 1.807) is 0 Å². The number of piperazine rings is 1. The third-order valence-corrected chi connectivity index (χ3v) is 5.12. The summed E-state index contributed by atoms with van der Waals surface area (Å²) in [5, 5.41) is 2.96. The van der Waals surface area contributed by atoms with Crippen molar-refractivity contribution in [3.63, 3.8) is 0 Å². The van der Waals surface area contributed by atoms with E-state index in [-0.39, 0.29) is 30.0 Å². The third-order valence-electron chi connectivity index (χ3n) is 5.12. The number of ether oxygens (including phenoxy) is 1. The fourth-order valence-electron chi connectivity index (χ4n) is 3.54. The molecule has 1 saturated heterocycles. The maximum atomic E-state index is 12.9. The minimum atomic E-state index is -0.680. The van der Waals surface area contributed by atoms with Crippen LogP contribution in [0.25, 0.3) is 0 Å². The molecule has 0 bridgehead atoms. The number of nitrogens with zero attached hydrogens (tertiary/aromatic N) is 1. The molecule has 1 aliphatic heterocycles. The van der Waals surface area contributed by atoms with Gasteiger partial charge in [0.1, 0.15) is 11.6 Å². The van der Waals surface area contributed by atoms with Gasteiger partial charge in [0, 0.05) is 12.6 Å². The van der Waals surface area contributed by atoms with E-state index in [2.05, 4.69) is 5.32 Å². The van der Waals surface area contributed by atoms with Gasteiger partial charge in [0.2, 0.25) is 11.8 Å². The van der Waals surface area contributed by atoms with Gasteiger partial charge >= 0.3 is 0 Å². The van der Waals surface area contributed by atoms with Crippen LogP contribution in [0.2, 0.25) is 0 Å². The van der Waals surface area contributed by atoms with E-state index in [1.807, 2.05) is 25.7 Å². The van der Waals surface area contributed by atoms with Gasteiger partial charge in [-0.1, -0.05) is 0 Å². The topological polar surface area (TPSA) is 58.6 Å². The summed E-state index contributed by atoms with van der Waals surface area (Å²) in [6.07, 6.45) is 4.05. The predicted octanol–water partition coefficient (Wildman–Crippen LogP) is 1.07. The number of hydrogen-bond acceptors (Lipinski definition) is 3. The molecule has 0 spiro atoms. The third kappa shape index (κ3) is 2.03. The van der Waals surface area contributed by atoms with Gasteiger partial charge in [-0.3, -0.25) is 9.59 Å². The van der Waals surface area contributed by atoms with Crippen LogP contribution >= 0.6 is 0 Å². The highest BCUT2D eigenvalue weighted by Crippen LogP contribution is 2.44. The summed E-state index contributed by atoms with van der Waals surface area (Å²) in [6, 6.07) is -0.194. The summed E-state index contributed by atoms with van der Waals surface area (Å²) in [7, 11) is 0. The monoisotopic (exact) mass is 280 g/mol. The normalized spacial score (nSPS) is 41.4. The van der Waals surface area contributed by atoms with Gasteiger partial charge < -0.3 is 15.0 Å². The van der Waals surface area contributed by atoms with Gasteiger partial charge in [-0.25, -0.2) is 0 Å². The summed E-state index contributed by atoms with van der Waals surface area (Å²) in [6.45, 7) is 6.41. The summed E-state index contributed by atoms with van der Waals surface area (Å²) >= 11 is 0. The van der Waals surface area contributed by atoms with Crippen LogP contribution in [-0.2, 0) is 14.3 Å². The highest BCUT2D eigenvalue weighted by Gasteiger charge is 2.56. The quantitative estimate of drug-likeness (QED) is 0.838. The van der Waals surface area contributed by atoms with Gasteiger partial charge in [0.15, 0.2) is 0 Å². The Bertz CT molecular complexity index is 429. The summed E-state index contributed by atoms with van der Waals surface area (Å²) in [5.41, 5.74) is -0.680. The van der Waals surface area contributed by atoms with Crippen molar-refractivity contribution in [2.24, 2.45) is 5.92 Å². The van der Waals surface area contributed by atoms with Gasteiger partial charge in [0.25, 0.3) is 0 Å². The Kier molecular flexibility index (Phi) is 3.27. The Balaban J connectivity index is 1.74. The first kappa shape index (κ1) is 13.9. The SMILES string of the molecule is CCOC1CC(N2C(=O)C(C)(C3CC3)NC(=O)C2C)C1. The molecule has 3 fully saturated rings. The fraction of sp³-hybridized carbons (Fsp3) is 0.867. The summed E-state index contributed by atoms with van der Waals surface area (Å²) < 4.78 is 5.57. The standard InChI is InChI=1S/C15H24N2O3/c1-4-20-12-7-11(8-12)17-9(2)13(18)16-15(3,14(17)19)10-5-6-10/h9-12H,4-8H2,1-3H3,(H,16,18). The number of nitrogens with one attached hydrogen (secondary N) is 1. The second kappa shape index (κ2) is 4.72. The molecule has 3 aliphatic rings. The first-order valence-electron chi connectivity index (χ1n) is 7.73. The molecule has 2 unspecified atom stereocenters. The maximum absolute atomic E-state index is 12.9. The molecule has 2 amide bonds. The highest BCUT2D eigenvalue weighted by molar-refractivity contribution is 6.00. The van der Waals surface area contributed by atoms with Crippen molar-refractivity contribution in [1.82, 2.24) is 10.2 Å².